The molecule has 0 aliphatic carbocycles. The number of likely N-dealkylation sites (N-methyl/N-ethyl adjacent to an activating group) is 1. The van der Waals surface area contributed by atoms with E-state index in [1.807, 2.05) is 61.5 Å². The molecule has 3 aromatic carbocycles. The van der Waals surface area contributed by atoms with Gasteiger partial charge < -0.3 is 10.2 Å². The molecule has 3 aromatic rings. The second-order valence-corrected chi connectivity index (χ2v) is 10.7. The second-order valence-electron chi connectivity index (χ2n) is 8.77. The summed E-state index contributed by atoms with van der Waals surface area (Å²) in [5.41, 5.74) is 2.35. The van der Waals surface area contributed by atoms with E-state index in [0.717, 1.165) is 33.3 Å². The van der Waals surface area contributed by atoms with Crippen LogP contribution in [0.4, 0.5) is 10.1 Å². The molecule has 0 aliphatic rings. The number of hydrogen-bond donors (Lipinski definition) is 1. The van der Waals surface area contributed by atoms with Gasteiger partial charge in [-0.2, -0.15) is 0 Å². The molecule has 196 valence electrons. The molecule has 2 amide bonds. The number of amides is 2. The van der Waals surface area contributed by atoms with Crippen LogP contribution in [0.25, 0.3) is 0 Å². The lowest BCUT2D eigenvalue weighted by atomic mass is 10.0. The monoisotopic (exact) mass is 525 g/mol. The molecule has 37 heavy (non-hydrogen) atoms. The first-order chi connectivity index (χ1) is 17.6. The topological polar surface area (TPSA) is 86.8 Å². The van der Waals surface area contributed by atoms with Gasteiger partial charge in [0, 0.05) is 19.5 Å². The first-order valence-corrected chi connectivity index (χ1v) is 13.8. The zero-order chi connectivity index (χ0) is 27.0. The highest BCUT2D eigenvalue weighted by Crippen LogP contribution is 2.23. The fourth-order valence-corrected chi connectivity index (χ4v) is 4.92. The van der Waals surface area contributed by atoms with E-state index >= 15 is 0 Å². The van der Waals surface area contributed by atoms with E-state index in [1.165, 1.54) is 23.1 Å². The zero-order valence-corrected chi connectivity index (χ0v) is 22.0. The normalized spacial score (nSPS) is 12.0. The minimum Gasteiger partial charge on any atom is -0.355 e. The van der Waals surface area contributed by atoms with Crippen molar-refractivity contribution in [3.05, 3.63) is 101 Å². The highest BCUT2D eigenvalue weighted by Gasteiger charge is 2.33. The number of benzene rings is 3. The standard InChI is InChI=1S/C28H32FN3O4S/c1-4-30-28(34)26(18-22-13-6-5-7-14-22)31(19-23-15-9-8-12-21(23)2)27(33)20-32(37(3,35)36)25-17-11-10-16-24(25)29/h5-17,26H,4,18-20H2,1-3H3,(H,30,34). The Morgan fingerprint density at radius 1 is 0.946 bits per heavy atom. The number of carbonyl (C=O) groups excluding carboxylic acids is 2. The summed E-state index contributed by atoms with van der Waals surface area (Å²) in [5, 5.41) is 2.80. The zero-order valence-electron chi connectivity index (χ0n) is 21.2. The Hall–Kier alpha value is -3.72. The van der Waals surface area contributed by atoms with Gasteiger partial charge in [-0.3, -0.25) is 13.9 Å². The number of anilines is 1. The molecule has 0 aromatic heterocycles. The summed E-state index contributed by atoms with van der Waals surface area (Å²) in [6.07, 6.45) is 1.15. The van der Waals surface area contributed by atoms with E-state index in [0.29, 0.717) is 6.54 Å². The third-order valence-electron chi connectivity index (χ3n) is 6.02. The van der Waals surface area contributed by atoms with E-state index < -0.39 is 34.3 Å². The SMILES string of the molecule is CCNC(=O)C(Cc1ccccc1)N(Cc1ccccc1C)C(=O)CN(c1ccccc1F)S(C)(=O)=O. The van der Waals surface area contributed by atoms with Crippen molar-refractivity contribution < 1.29 is 22.4 Å². The molecule has 1 N–H and O–H groups in total. The second kappa shape index (κ2) is 12.5. The van der Waals surface area contributed by atoms with Crippen LogP contribution in [0.2, 0.25) is 0 Å². The van der Waals surface area contributed by atoms with Gasteiger partial charge in [0.2, 0.25) is 21.8 Å². The predicted octanol–water partition coefficient (Wildman–Crippen LogP) is 3.68. The summed E-state index contributed by atoms with van der Waals surface area (Å²) < 4.78 is 40.7. The van der Waals surface area contributed by atoms with E-state index in [2.05, 4.69) is 5.32 Å². The van der Waals surface area contributed by atoms with Gasteiger partial charge in [-0.25, -0.2) is 12.8 Å². The van der Waals surface area contributed by atoms with Gasteiger partial charge in [-0.05, 0) is 42.7 Å². The lowest BCUT2D eigenvalue weighted by Gasteiger charge is -2.33. The number of nitrogens with one attached hydrogen (secondary N) is 1. The Kier molecular flexibility index (Phi) is 9.41. The molecule has 9 heteroatoms. The smallest absolute Gasteiger partial charge is 0.244 e. The van der Waals surface area contributed by atoms with Crippen LogP contribution < -0.4 is 9.62 Å². The summed E-state index contributed by atoms with van der Waals surface area (Å²) in [7, 11) is -4.02. The van der Waals surface area contributed by atoms with E-state index in [9.17, 15) is 22.4 Å². The first kappa shape index (κ1) is 27.9. The number of hydrogen-bond acceptors (Lipinski definition) is 4. The van der Waals surface area contributed by atoms with Crippen LogP contribution in [0.5, 0.6) is 0 Å². The van der Waals surface area contributed by atoms with Gasteiger partial charge in [0.25, 0.3) is 0 Å². The van der Waals surface area contributed by atoms with Crippen molar-refractivity contribution in [2.24, 2.45) is 0 Å². The molecule has 0 saturated heterocycles. The molecule has 0 fully saturated rings. The summed E-state index contributed by atoms with van der Waals surface area (Å²) >= 11 is 0. The summed E-state index contributed by atoms with van der Waals surface area (Å²) in [6, 6.07) is 21.2. The quantitative estimate of drug-likeness (QED) is 0.414. The number of aryl methyl sites for hydroxylation is 1. The minimum absolute atomic E-state index is 0.0784. The van der Waals surface area contributed by atoms with Gasteiger partial charge in [0.1, 0.15) is 18.4 Å². The van der Waals surface area contributed by atoms with E-state index in [-0.39, 0.29) is 24.6 Å². The summed E-state index contributed by atoms with van der Waals surface area (Å²) in [6.45, 7) is 3.47. The molecule has 1 atom stereocenters. The van der Waals surface area contributed by atoms with Crippen molar-refractivity contribution in [2.75, 3.05) is 23.7 Å². The predicted molar refractivity (Wildman–Crippen MR) is 143 cm³/mol. The van der Waals surface area contributed by atoms with Crippen LogP contribution in [0.15, 0.2) is 78.9 Å². The Bertz CT molecular complexity index is 1330. The van der Waals surface area contributed by atoms with Crippen molar-refractivity contribution in [1.29, 1.82) is 0 Å². The van der Waals surface area contributed by atoms with Crippen molar-refractivity contribution in [3.63, 3.8) is 0 Å². The Balaban J connectivity index is 2.06. The highest BCUT2D eigenvalue weighted by molar-refractivity contribution is 7.92. The Labute approximate surface area is 218 Å². The summed E-state index contributed by atoms with van der Waals surface area (Å²) in [4.78, 5) is 28.5. The fourth-order valence-electron chi connectivity index (χ4n) is 4.07. The lowest BCUT2D eigenvalue weighted by Crippen LogP contribution is -2.53. The molecule has 0 saturated carbocycles. The van der Waals surface area contributed by atoms with E-state index in [4.69, 9.17) is 0 Å². The summed E-state index contributed by atoms with van der Waals surface area (Å²) in [5.74, 6) is -1.75. The Morgan fingerprint density at radius 2 is 1.57 bits per heavy atom. The fraction of sp³-hybridized carbons (Fsp3) is 0.286. The van der Waals surface area contributed by atoms with Crippen LogP contribution in [0, 0.1) is 12.7 Å². The van der Waals surface area contributed by atoms with Crippen LogP contribution in [-0.4, -0.2) is 50.5 Å². The molecule has 7 nitrogen and oxygen atoms in total. The maximum absolute atomic E-state index is 14.6. The van der Waals surface area contributed by atoms with Gasteiger partial charge in [-0.15, -0.1) is 0 Å². The number of para-hydroxylation sites is 1. The van der Waals surface area contributed by atoms with Crippen molar-refractivity contribution in [1.82, 2.24) is 10.2 Å². The number of nitrogens with zero attached hydrogens (tertiary/aromatic N) is 2. The molecule has 3 rings (SSSR count). The maximum Gasteiger partial charge on any atom is 0.244 e. The van der Waals surface area contributed by atoms with Crippen LogP contribution in [0.3, 0.4) is 0 Å². The largest absolute Gasteiger partial charge is 0.355 e. The van der Waals surface area contributed by atoms with Gasteiger partial charge in [0.15, 0.2) is 0 Å². The molecule has 0 spiro atoms. The third-order valence-corrected chi connectivity index (χ3v) is 7.15. The number of halogens is 1. The van der Waals surface area contributed by atoms with Crippen molar-refractivity contribution >= 4 is 27.5 Å². The van der Waals surface area contributed by atoms with Crippen LogP contribution >= 0.6 is 0 Å². The number of carbonyl (C=O) groups is 2. The molecule has 0 aliphatic heterocycles. The molecule has 0 bridgehead atoms. The molecule has 1 unspecified atom stereocenters. The van der Waals surface area contributed by atoms with Gasteiger partial charge in [0.05, 0.1) is 11.9 Å². The van der Waals surface area contributed by atoms with Gasteiger partial charge >= 0.3 is 0 Å². The average molecular weight is 526 g/mol. The molecular formula is C28H32FN3O4S. The minimum atomic E-state index is -4.02. The maximum atomic E-state index is 14.6. The number of sulfonamides is 1. The first-order valence-electron chi connectivity index (χ1n) is 12.0. The highest BCUT2D eigenvalue weighted by atomic mass is 32.2. The third kappa shape index (κ3) is 7.39. The Morgan fingerprint density at radius 3 is 2.19 bits per heavy atom. The van der Waals surface area contributed by atoms with Gasteiger partial charge in [-0.1, -0.05) is 66.7 Å². The van der Waals surface area contributed by atoms with Crippen molar-refractivity contribution in [2.45, 2.75) is 32.9 Å². The molecule has 0 heterocycles. The molecule has 0 radical (unpaired) electrons. The van der Waals surface area contributed by atoms with Crippen LogP contribution in [-0.2, 0) is 32.6 Å². The van der Waals surface area contributed by atoms with Crippen LogP contribution in [0.1, 0.15) is 23.6 Å². The average Bonchev–Trinajstić information content (AvgIpc) is 2.86. The lowest BCUT2D eigenvalue weighted by molar-refractivity contribution is -0.140. The number of rotatable bonds is 11. The van der Waals surface area contributed by atoms with Crippen molar-refractivity contribution in [3.8, 4) is 0 Å². The molecular weight excluding hydrogens is 493 g/mol. The van der Waals surface area contributed by atoms with E-state index in [1.54, 1.807) is 6.92 Å².